The summed E-state index contributed by atoms with van der Waals surface area (Å²) in [6.07, 6.45) is 3.97. The maximum Gasteiger partial charge on any atom is 0.204 e. The summed E-state index contributed by atoms with van der Waals surface area (Å²) in [6.45, 7) is 3.15. The number of carbonyl (C=O) groups is 1. The highest BCUT2D eigenvalue weighted by Gasteiger charge is 2.64. The second kappa shape index (κ2) is 2.42. The fraction of sp³-hybridized carbons (Fsp3) is 0.462. The van der Waals surface area contributed by atoms with E-state index < -0.39 is 0 Å². The molecule has 1 spiro atoms. The monoisotopic (exact) mass is 214 g/mol. The van der Waals surface area contributed by atoms with Crippen molar-refractivity contribution in [3.63, 3.8) is 0 Å². The maximum absolute atomic E-state index is 12.0. The van der Waals surface area contributed by atoms with Crippen molar-refractivity contribution in [2.75, 3.05) is 6.54 Å². The van der Waals surface area contributed by atoms with Gasteiger partial charge in [-0.3, -0.25) is 4.79 Å². The number of carbonyl (C=O) groups excluding carboxylic acids is 1. The molecule has 1 saturated heterocycles. The SMILES string of the molecule is CCc1cc2c([nH]1)C(=O)C=C1NCC3CC123. The number of allylic oxidation sites excluding steroid dienone is 2. The lowest BCUT2D eigenvalue weighted by atomic mass is 9.85. The first kappa shape index (κ1) is 8.62. The van der Waals surface area contributed by atoms with Crippen LogP contribution < -0.4 is 5.32 Å². The number of nitrogens with one attached hydrogen (secondary N) is 2. The molecule has 0 bridgehead atoms. The number of H-pyrrole nitrogens is 1. The van der Waals surface area contributed by atoms with Crippen molar-refractivity contribution in [2.24, 2.45) is 5.92 Å². The average Bonchev–Trinajstić information content (AvgIpc) is 2.70. The quantitative estimate of drug-likeness (QED) is 0.744. The molecule has 4 rings (SSSR count). The van der Waals surface area contributed by atoms with Gasteiger partial charge in [0.1, 0.15) is 0 Å². The van der Waals surface area contributed by atoms with Crippen LogP contribution in [0.3, 0.4) is 0 Å². The van der Waals surface area contributed by atoms with Crippen molar-refractivity contribution in [1.29, 1.82) is 0 Å². The Morgan fingerprint density at radius 1 is 1.56 bits per heavy atom. The van der Waals surface area contributed by atoms with Crippen LogP contribution >= 0.6 is 0 Å². The first-order valence-corrected chi connectivity index (χ1v) is 5.98. The number of hydrogen-bond acceptors (Lipinski definition) is 2. The van der Waals surface area contributed by atoms with Gasteiger partial charge in [-0.25, -0.2) is 0 Å². The zero-order valence-electron chi connectivity index (χ0n) is 9.26. The number of piperidine rings is 1. The first-order chi connectivity index (χ1) is 7.75. The molecule has 3 aliphatic rings. The second-order valence-corrected chi connectivity index (χ2v) is 5.11. The summed E-state index contributed by atoms with van der Waals surface area (Å²) in [7, 11) is 0. The Hall–Kier alpha value is -1.51. The summed E-state index contributed by atoms with van der Waals surface area (Å²) in [6, 6.07) is 2.20. The van der Waals surface area contributed by atoms with E-state index in [0.717, 1.165) is 24.4 Å². The number of aromatic nitrogens is 1. The van der Waals surface area contributed by atoms with E-state index in [-0.39, 0.29) is 11.2 Å². The molecule has 1 aromatic heterocycles. The molecule has 82 valence electrons. The molecule has 0 aromatic carbocycles. The number of ketones is 1. The van der Waals surface area contributed by atoms with Gasteiger partial charge in [-0.1, -0.05) is 6.92 Å². The van der Waals surface area contributed by atoms with E-state index in [4.69, 9.17) is 0 Å². The zero-order chi connectivity index (χ0) is 10.9. The number of aryl methyl sites for hydroxylation is 1. The summed E-state index contributed by atoms with van der Waals surface area (Å²) in [5, 5.41) is 3.37. The Balaban J connectivity index is 1.97. The van der Waals surface area contributed by atoms with E-state index >= 15 is 0 Å². The minimum absolute atomic E-state index is 0.135. The molecule has 2 atom stereocenters. The molecule has 0 amide bonds. The van der Waals surface area contributed by atoms with Crippen LogP contribution in [0.25, 0.3) is 0 Å². The van der Waals surface area contributed by atoms with Crippen molar-refractivity contribution in [2.45, 2.75) is 25.2 Å². The second-order valence-electron chi connectivity index (χ2n) is 5.11. The molecule has 16 heavy (non-hydrogen) atoms. The topological polar surface area (TPSA) is 44.9 Å². The van der Waals surface area contributed by atoms with Crippen molar-refractivity contribution in [1.82, 2.24) is 10.3 Å². The minimum atomic E-state index is 0.135. The van der Waals surface area contributed by atoms with Gasteiger partial charge in [-0.2, -0.15) is 0 Å². The third-order valence-electron chi connectivity index (χ3n) is 4.38. The van der Waals surface area contributed by atoms with Gasteiger partial charge in [0.05, 0.1) is 5.69 Å². The molecule has 1 saturated carbocycles. The number of fused-ring (bicyclic) bond motifs is 1. The lowest BCUT2D eigenvalue weighted by molar-refractivity contribution is 0.103. The van der Waals surface area contributed by atoms with Crippen LogP contribution in [0.5, 0.6) is 0 Å². The van der Waals surface area contributed by atoms with Crippen LogP contribution in [0.4, 0.5) is 0 Å². The lowest BCUT2D eigenvalue weighted by Gasteiger charge is -2.20. The van der Waals surface area contributed by atoms with Gasteiger partial charge in [0, 0.05) is 29.4 Å². The van der Waals surface area contributed by atoms with E-state index in [1.54, 1.807) is 6.08 Å². The molecule has 3 heteroatoms. The van der Waals surface area contributed by atoms with E-state index in [2.05, 4.69) is 23.3 Å². The Bertz CT molecular complexity index is 540. The van der Waals surface area contributed by atoms with E-state index in [1.165, 1.54) is 17.7 Å². The van der Waals surface area contributed by atoms with Crippen LogP contribution in [0.2, 0.25) is 0 Å². The largest absolute Gasteiger partial charge is 0.387 e. The molecule has 2 heterocycles. The van der Waals surface area contributed by atoms with Gasteiger partial charge >= 0.3 is 0 Å². The Morgan fingerprint density at radius 2 is 2.44 bits per heavy atom. The summed E-state index contributed by atoms with van der Waals surface area (Å²) in [5.74, 6) is 0.849. The Labute approximate surface area is 93.9 Å². The van der Waals surface area contributed by atoms with Crippen molar-refractivity contribution >= 4 is 5.78 Å². The minimum Gasteiger partial charge on any atom is -0.387 e. The first-order valence-electron chi connectivity index (χ1n) is 5.98. The van der Waals surface area contributed by atoms with Gasteiger partial charge in [0.15, 0.2) is 0 Å². The third-order valence-corrected chi connectivity index (χ3v) is 4.38. The predicted octanol–water partition coefficient (Wildman–Crippen LogP) is 1.52. The molecule has 2 N–H and O–H groups in total. The van der Waals surface area contributed by atoms with Gasteiger partial charge in [0.2, 0.25) is 5.78 Å². The third kappa shape index (κ3) is 0.763. The fourth-order valence-electron chi connectivity index (χ4n) is 3.40. The lowest BCUT2D eigenvalue weighted by Crippen LogP contribution is -2.24. The Kier molecular flexibility index (Phi) is 1.30. The van der Waals surface area contributed by atoms with Crippen LogP contribution in [0.1, 0.15) is 35.1 Å². The number of hydrogen-bond donors (Lipinski definition) is 2. The highest BCUT2D eigenvalue weighted by molar-refractivity contribution is 6.07. The van der Waals surface area contributed by atoms with Crippen LogP contribution in [-0.4, -0.2) is 17.3 Å². The van der Waals surface area contributed by atoms with Crippen LogP contribution in [0, 0.1) is 5.92 Å². The fourth-order valence-corrected chi connectivity index (χ4v) is 3.40. The maximum atomic E-state index is 12.0. The van der Waals surface area contributed by atoms with Gasteiger partial charge in [-0.05, 0) is 30.4 Å². The molecule has 2 fully saturated rings. The molecular weight excluding hydrogens is 200 g/mol. The smallest absolute Gasteiger partial charge is 0.204 e. The van der Waals surface area contributed by atoms with Gasteiger partial charge < -0.3 is 10.3 Å². The van der Waals surface area contributed by atoms with Crippen LogP contribution in [0.15, 0.2) is 17.8 Å². The summed E-state index contributed by atoms with van der Waals surface area (Å²) in [5.41, 5.74) is 4.62. The number of aromatic amines is 1. The van der Waals surface area contributed by atoms with Gasteiger partial charge in [-0.15, -0.1) is 0 Å². The molecule has 3 nitrogen and oxygen atoms in total. The van der Waals surface area contributed by atoms with Crippen molar-refractivity contribution in [3.05, 3.63) is 34.8 Å². The molecule has 2 aliphatic carbocycles. The van der Waals surface area contributed by atoms with E-state index in [0.29, 0.717) is 5.92 Å². The standard InChI is InChI=1S/C13H14N2O/c1-2-8-3-9-12(15-8)10(16)4-11-13(9)5-7(13)6-14-11/h3-4,7,14-15H,2,5-6H2,1H3. The van der Waals surface area contributed by atoms with E-state index in [9.17, 15) is 4.79 Å². The van der Waals surface area contributed by atoms with Crippen molar-refractivity contribution < 1.29 is 4.79 Å². The normalized spacial score (nSPS) is 33.7. The summed E-state index contributed by atoms with van der Waals surface area (Å²) in [4.78, 5) is 15.2. The van der Waals surface area contributed by atoms with Crippen molar-refractivity contribution in [3.8, 4) is 0 Å². The molecule has 1 aliphatic heterocycles. The highest BCUT2D eigenvalue weighted by atomic mass is 16.1. The molecule has 1 aromatic rings. The average molecular weight is 214 g/mol. The Morgan fingerprint density at radius 3 is 3.19 bits per heavy atom. The van der Waals surface area contributed by atoms with Crippen LogP contribution in [-0.2, 0) is 11.8 Å². The van der Waals surface area contributed by atoms with Gasteiger partial charge in [0.25, 0.3) is 0 Å². The number of rotatable bonds is 1. The molecule has 0 radical (unpaired) electrons. The zero-order valence-corrected chi connectivity index (χ0v) is 9.26. The molecule has 2 unspecified atom stereocenters. The highest BCUT2D eigenvalue weighted by Crippen LogP contribution is 2.63. The predicted molar refractivity (Wildman–Crippen MR) is 60.4 cm³/mol. The summed E-state index contributed by atoms with van der Waals surface area (Å²) < 4.78 is 0. The van der Waals surface area contributed by atoms with E-state index in [1.807, 2.05) is 0 Å². The summed E-state index contributed by atoms with van der Waals surface area (Å²) >= 11 is 0. The molecular formula is C13H14N2O.